The highest BCUT2D eigenvalue weighted by molar-refractivity contribution is 7.89. The summed E-state index contributed by atoms with van der Waals surface area (Å²) in [6.07, 6.45) is -0.191. The molecule has 0 unspecified atom stereocenters. The number of carbonyl (C=O) groups is 1. The predicted molar refractivity (Wildman–Crippen MR) is 110 cm³/mol. The average molecular weight is 412 g/mol. The van der Waals surface area contributed by atoms with E-state index in [1.54, 1.807) is 48.5 Å². The standard InChI is InChI=1S/C22H21FN2O3S/c1-16-11-13-18(14-12-16)29(27,28)25-21(17-7-3-2-4-8-17)15-22(26)24-20-10-6-5-9-19(20)23/h2-14,21,25H,15H2,1H3,(H,24,26)/t21-/m1/s1. The monoisotopic (exact) mass is 412 g/mol. The number of benzene rings is 3. The quantitative estimate of drug-likeness (QED) is 0.611. The molecule has 29 heavy (non-hydrogen) atoms. The Kier molecular flexibility index (Phi) is 6.41. The van der Waals surface area contributed by atoms with Crippen molar-refractivity contribution < 1.29 is 17.6 Å². The Morgan fingerprint density at radius 1 is 0.931 bits per heavy atom. The van der Waals surface area contributed by atoms with Crippen molar-refractivity contribution in [1.29, 1.82) is 0 Å². The lowest BCUT2D eigenvalue weighted by Gasteiger charge is -2.19. The molecule has 3 aromatic rings. The summed E-state index contributed by atoms with van der Waals surface area (Å²) in [6, 6.07) is 20.2. The number of sulfonamides is 1. The van der Waals surface area contributed by atoms with E-state index in [2.05, 4.69) is 10.0 Å². The third kappa shape index (κ3) is 5.49. The summed E-state index contributed by atoms with van der Waals surface area (Å²) >= 11 is 0. The van der Waals surface area contributed by atoms with E-state index in [1.807, 2.05) is 6.92 Å². The molecule has 0 spiro atoms. The van der Waals surface area contributed by atoms with Crippen LogP contribution in [0.25, 0.3) is 0 Å². The second-order valence-corrected chi connectivity index (χ2v) is 8.34. The van der Waals surface area contributed by atoms with Crippen molar-refractivity contribution in [3.8, 4) is 0 Å². The second-order valence-electron chi connectivity index (χ2n) is 6.63. The third-order valence-electron chi connectivity index (χ3n) is 4.37. The molecule has 3 rings (SSSR count). The summed E-state index contributed by atoms with van der Waals surface area (Å²) in [5.74, 6) is -1.06. The maximum Gasteiger partial charge on any atom is 0.241 e. The molecule has 5 nitrogen and oxygen atoms in total. The molecule has 1 atom stereocenters. The minimum Gasteiger partial charge on any atom is -0.324 e. The topological polar surface area (TPSA) is 75.3 Å². The molecule has 0 saturated carbocycles. The molecule has 0 aliphatic heterocycles. The zero-order valence-electron chi connectivity index (χ0n) is 15.8. The number of carbonyl (C=O) groups excluding carboxylic acids is 1. The van der Waals surface area contributed by atoms with Gasteiger partial charge in [0.1, 0.15) is 5.82 Å². The first-order chi connectivity index (χ1) is 13.8. The number of hydrogen-bond donors (Lipinski definition) is 2. The van der Waals surface area contributed by atoms with Gasteiger partial charge in [0, 0.05) is 6.42 Å². The van der Waals surface area contributed by atoms with Gasteiger partial charge in [0.2, 0.25) is 15.9 Å². The van der Waals surface area contributed by atoms with Crippen LogP contribution in [-0.4, -0.2) is 14.3 Å². The van der Waals surface area contributed by atoms with E-state index in [1.165, 1.54) is 30.3 Å². The number of rotatable bonds is 7. The summed E-state index contributed by atoms with van der Waals surface area (Å²) < 4.78 is 42.0. The van der Waals surface area contributed by atoms with Crippen molar-refractivity contribution in [2.75, 3.05) is 5.32 Å². The normalized spacial score (nSPS) is 12.3. The van der Waals surface area contributed by atoms with Gasteiger partial charge < -0.3 is 5.32 Å². The Labute approximate surface area is 169 Å². The van der Waals surface area contributed by atoms with Gasteiger partial charge in [0.25, 0.3) is 0 Å². The fourth-order valence-corrected chi connectivity index (χ4v) is 4.06. The highest BCUT2D eigenvalue weighted by Gasteiger charge is 2.24. The molecule has 7 heteroatoms. The van der Waals surface area contributed by atoms with Crippen LogP contribution in [0.4, 0.5) is 10.1 Å². The molecule has 0 bridgehead atoms. The lowest BCUT2D eigenvalue weighted by molar-refractivity contribution is -0.116. The zero-order valence-corrected chi connectivity index (χ0v) is 16.6. The van der Waals surface area contributed by atoms with E-state index in [0.29, 0.717) is 5.56 Å². The molecule has 1 amide bonds. The highest BCUT2D eigenvalue weighted by Crippen LogP contribution is 2.22. The third-order valence-corrected chi connectivity index (χ3v) is 5.86. The van der Waals surface area contributed by atoms with Crippen molar-refractivity contribution in [2.45, 2.75) is 24.3 Å². The first-order valence-electron chi connectivity index (χ1n) is 9.03. The van der Waals surface area contributed by atoms with E-state index < -0.39 is 27.8 Å². The van der Waals surface area contributed by atoms with Gasteiger partial charge in [-0.25, -0.2) is 17.5 Å². The summed E-state index contributed by atoms with van der Waals surface area (Å²) in [7, 11) is -3.86. The van der Waals surface area contributed by atoms with Crippen LogP contribution < -0.4 is 10.0 Å². The Morgan fingerprint density at radius 2 is 1.55 bits per heavy atom. The Hall–Kier alpha value is -3.03. The lowest BCUT2D eigenvalue weighted by Crippen LogP contribution is -2.31. The Bertz CT molecular complexity index is 1080. The molecule has 3 aromatic carbocycles. The first-order valence-corrected chi connectivity index (χ1v) is 10.5. The summed E-state index contributed by atoms with van der Waals surface area (Å²) in [5, 5.41) is 2.49. The molecule has 0 radical (unpaired) electrons. The van der Waals surface area contributed by atoms with Crippen molar-refractivity contribution in [1.82, 2.24) is 4.72 Å². The molecule has 150 valence electrons. The van der Waals surface area contributed by atoms with E-state index in [9.17, 15) is 17.6 Å². The smallest absolute Gasteiger partial charge is 0.241 e. The van der Waals surface area contributed by atoms with Crippen molar-refractivity contribution in [3.63, 3.8) is 0 Å². The summed E-state index contributed by atoms with van der Waals surface area (Å²) in [4.78, 5) is 12.6. The second kappa shape index (κ2) is 8.98. The molecular weight excluding hydrogens is 391 g/mol. The average Bonchev–Trinajstić information content (AvgIpc) is 2.70. The zero-order chi connectivity index (χ0) is 20.9. The van der Waals surface area contributed by atoms with Crippen molar-refractivity contribution in [3.05, 3.63) is 95.8 Å². The van der Waals surface area contributed by atoms with Gasteiger partial charge in [-0.05, 0) is 36.8 Å². The van der Waals surface area contributed by atoms with Crippen LogP contribution in [0, 0.1) is 12.7 Å². The van der Waals surface area contributed by atoms with Crippen LogP contribution in [0.1, 0.15) is 23.6 Å². The van der Waals surface area contributed by atoms with Gasteiger partial charge in [-0.3, -0.25) is 4.79 Å². The van der Waals surface area contributed by atoms with Crippen LogP contribution in [-0.2, 0) is 14.8 Å². The van der Waals surface area contributed by atoms with Gasteiger partial charge in [-0.2, -0.15) is 0 Å². The van der Waals surface area contributed by atoms with Gasteiger partial charge in [-0.1, -0.05) is 60.2 Å². The highest BCUT2D eigenvalue weighted by atomic mass is 32.2. The minimum absolute atomic E-state index is 0.0469. The fraction of sp³-hybridized carbons (Fsp3) is 0.136. The van der Waals surface area contributed by atoms with Gasteiger partial charge in [0.15, 0.2) is 0 Å². The number of amides is 1. The van der Waals surface area contributed by atoms with Crippen molar-refractivity contribution >= 4 is 21.6 Å². The summed E-state index contributed by atoms with van der Waals surface area (Å²) in [6.45, 7) is 1.86. The molecule has 2 N–H and O–H groups in total. The first kappa shape index (κ1) is 20.7. The number of anilines is 1. The molecule has 0 aromatic heterocycles. The fourth-order valence-electron chi connectivity index (χ4n) is 2.83. The SMILES string of the molecule is Cc1ccc(S(=O)(=O)N[C@H](CC(=O)Nc2ccccc2F)c2ccccc2)cc1. The molecule has 0 saturated heterocycles. The number of aryl methyl sites for hydroxylation is 1. The van der Waals surface area contributed by atoms with E-state index in [-0.39, 0.29) is 17.0 Å². The number of halogens is 1. The van der Waals surface area contributed by atoms with Crippen LogP contribution in [0.3, 0.4) is 0 Å². The molecule has 0 aliphatic rings. The van der Waals surface area contributed by atoms with E-state index in [4.69, 9.17) is 0 Å². The Balaban J connectivity index is 1.82. The molecular formula is C22H21FN2O3S. The van der Waals surface area contributed by atoms with E-state index >= 15 is 0 Å². The van der Waals surface area contributed by atoms with Crippen LogP contribution in [0.15, 0.2) is 83.8 Å². The van der Waals surface area contributed by atoms with Crippen molar-refractivity contribution in [2.24, 2.45) is 0 Å². The lowest BCUT2D eigenvalue weighted by atomic mass is 10.0. The van der Waals surface area contributed by atoms with Crippen LogP contribution in [0.2, 0.25) is 0 Å². The molecule has 0 heterocycles. The van der Waals surface area contributed by atoms with Gasteiger partial charge in [0.05, 0.1) is 16.6 Å². The number of nitrogens with one attached hydrogen (secondary N) is 2. The minimum atomic E-state index is -3.86. The van der Waals surface area contributed by atoms with Crippen LogP contribution in [0.5, 0.6) is 0 Å². The largest absolute Gasteiger partial charge is 0.324 e. The van der Waals surface area contributed by atoms with Gasteiger partial charge in [-0.15, -0.1) is 0 Å². The van der Waals surface area contributed by atoms with Gasteiger partial charge >= 0.3 is 0 Å². The molecule has 0 aliphatic carbocycles. The van der Waals surface area contributed by atoms with E-state index in [0.717, 1.165) is 5.56 Å². The maximum absolute atomic E-state index is 13.8. The Morgan fingerprint density at radius 3 is 2.21 bits per heavy atom. The maximum atomic E-state index is 13.8. The summed E-state index contributed by atoms with van der Waals surface area (Å²) in [5.41, 5.74) is 1.62. The molecule has 0 fully saturated rings. The predicted octanol–water partition coefficient (Wildman–Crippen LogP) is 4.18. The number of hydrogen-bond acceptors (Lipinski definition) is 3. The number of para-hydroxylation sites is 1. The van der Waals surface area contributed by atoms with Crippen LogP contribution >= 0.6 is 0 Å².